The Bertz CT molecular complexity index is 972. The topological polar surface area (TPSA) is 62.5 Å². The van der Waals surface area contributed by atoms with Crippen molar-refractivity contribution in [1.82, 2.24) is 14.6 Å². The maximum atomic E-state index is 12.2. The lowest BCUT2D eigenvalue weighted by Gasteiger charge is -2.23. The number of aryl methyl sites for hydroxylation is 2. The fraction of sp³-hybridized carbons (Fsp3) is 0.316. The molecule has 6 nitrogen and oxygen atoms in total. The zero-order valence-electron chi connectivity index (χ0n) is 14.9. The molecule has 0 radical (unpaired) electrons. The van der Waals surface area contributed by atoms with Crippen molar-refractivity contribution in [3.05, 3.63) is 52.8 Å². The molecule has 4 rings (SSSR count). The number of carbonyl (C=O) groups excluding carboxylic acids is 1. The van der Waals surface area contributed by atoms with Crippen molar-refractivity contribution in [2.24, 2.45) is 0 Å². The molecule has 1 aromatic carbocycles. The van der Waals surface area contributed by atoms with Gasteiger partial charge in [-0.15, -0.1) is 5.10 Å². The molecule has 0 saturated heterocycles. The molecular weight excluding hydrogens is 314 g/mol. The number of amides is 1. The molecule has 0 spiro atoms. The smallest absolute Gasteiger partial charge is 0.226 e. The Balaban J connectivity index is 1.90. The molecular formula is C19H21N5O. The van der Waals surface area contributed by atoms with E-state index >= 15 is 0 Å². The van der Waals surface area contributed by atoms with E-state index in [1.165, 1.54) is 0 Å². The van der Waals surface area contributed by atoms with Crippen molar-refractivity contribution >= 4 is 23.1 Å². The van der Waals surface area contributed by atoms with Crippen LogP contribution in [-0.4, -0.2) is 34.6 Å². The third-order valence-corrected chi connectivity index (χ3v) is 4.74. The number of carbonyl (C=O) groups is 1. The Morgan fingerprint density at radius 1 is 1.20 bits per heavy atom. The molecule has 6 heteroatoms. The molecule has 0 saturated carbocycles. The van der Waals surface area contributed by atoms with Gasteiger partial charge < -0.3 is 10.2 Å². The van der Waals surface area contributed by atoms with E-state index in [4.69, 9.17) is 4.98 Å². The summed E-state index contributed by atoms with van der Waals surface area (Å²) < 4.78 is 1.82. The normalized spacial score (nSPS) is 16.6. The van der Waals surface area contributed by atoms with Crippen LogP contribution in [0.15, 0.2) is 30.3 Å². The summed E-state index contributed by atoms with van der Waals surface area (Å²) in [6.45, 7) is 3.98. The molecule has 2 aromatic heterocycles. The van der Waals surface area contributed by atoms with Gasteiger partial charge in [0.15, 0.2) is 11.5 Å². The molecule has 3 aromatic rings. The van der Waals surface area contributed by atoms with Gasteiger partial charge in [-0.1, -0.05) is 12.1 Å². The van der Waals surface area contributed by atoms with E-state index in [9.17, 15) is 4.79 Å². The van der Waals surface area contributed by atoms with Crippen molar-refractivity contribution in [2.45, 2.75) is 26.2 Å². The van der Waals surface area contributed by atoms with E-state index in [1.807, 2.05) is 38.5 Å². The summed E-state index contributed by atoms with van der Waals surface area (Å²) >= 11 is 0. The van der Waals surface area contributed by atoms with Crippen LogP contribution < -0.4 is 10.2 Å². The molecule has 1 N–H and O–H groups in total. The zero-order valence-corrected chi connectivity index (χ0v) is 14.9. The van der Waals surface area contributed by atoms with Gasteiger partial charge in [0.1, 0.15) is 0 Å². The van der Waals surface area contributed by atoms with Crippen LogP contribution in [0, 0.1) is 13.8 Å². The maximum Gasteiger partial charge on any atom is 0.226 e. The quantitative estimate of drug-likeness (QED) is 0.782. The molecule has 128 valence electrons. The van der Waals surface area contributed by atoms with E-state index in [1.54, 1.807) is 0 Å². The van der Waals surface area contributed by atoms with Crippen LogP contribution in [0.3, 0.4) is 0 Å². The minimum absolute atomic E-state index is 0.00744. The van der Waals surface area contributed by atoms with Gasteiger partial charge >= 0.3 is 0 Å². The highest BCUT2D eigenvalue weighted by molar-refractivity contribution is 5.96. The molecule has 0 fully saturated rings. The first-order chi connectivity index (χ1) is 11.9. The first-order valence-corrected chi connectivity index (χ1v) is 8.38. The summed E-state index contributed by atoms with van der Waals surface area (Å²) in [5.41, 5.74) is 6.03. The third-order valence-electron chi connectivity index (χ3n) is 4.74. The fourth-order valence-electron chi connectivity index (χ4n) is 3.51. The molecule has 1 amide bonds. The number of anilines is 2. The molecule has 25 heavy (non-hydrogen) atoms. The number of benzene rings is 1. The van der Waals surface area contributed by atoms with Gasteiger partial charge in [0.2, 0.25) is 5.91 Å². The van der Waals surface area contributed by atoms with Crippen molar-refractivity contribution in [1.29, 1.82) is 0 Å². The van der Waals surface area contributed by atoms with Crippen molar-refractivity contribution in [2.75, 3.05) is 24.3 Å². The van der Waals surface area contributed by atoms with Gasteiger partial charge in [0, 0.05) is 49.1 Å². The molecule has 1 aliphatic rings. The van der Waals surface area contributed by atoms with E-state index in [0.29, 0.717) is 12.2 Å². The molecule has 3 heterocycles. The lowest BCUT2D eigenvalue weighted by Crippen LogP contribution is -2.23. The maximum absolute atomic E-state index is 12.2. The summed E-state index contributed by atoms with van der Waals surface area (Å²) in [4.78, 5) is 19.0. The number of hydrogen-bond acceptors (Lipinski definition) is 4. The van der Waals surface area contributed by atoms with Crippen molar-refractivity contribution in [3.8, 4) is 0 Å². The Labute approximate surface area is 146 Å². The summed E-state index contributed by atoms with van der Waals surface area (Å²) in [5, 5.41) is 7.49. The van der Waals surface area contributed by atoms with Crippen molar-refractivity contribution < 1.29 is 4.79 Å². The Morgan fingerprint density at radius 3 is 2.60 bits per heavy atom. The number of nitrogens with zero attached hydrogens (tertiary/aromatic N) is 4. The molecule has 1 atom stereocenters. The minimum Gasteiger partial charge on any atom is -0.378 e. The highest BCUT2D eigenvalue weighted by atomic mass is 16.1. The summed E-state index contributed by atoms with van der Waals surface area (Å²) in [7, 11) is 4.03. The molecule has 1 unspecified atom stereocenters. The van der Waals surface area contributed by atoms with Crippen LogP contribution in [0.4, 0.5) is 11.5 Å². The average molecular weight is 335 g/mol. The number of aromatic nitrogens is 3. The van der Waals surface area contributed by atoms with Crippen LogP contribution in [-0.2, 0) is 4.79 Å². The monoisotopic (exact) mass is 335 g/mol. The van der Waals surface area contributed by atoms with Gasteiger partial charge in [-0.05, 0) is 37.6 Å². The fourth-order valence-corrected chi connectivity index (χ4v) is 3.51. The van der Waals surface area contributed by atoms with Crippen LogP contribution >= 0.6 is 0 Å². The van der Waals surface area contributed by atoms with Crippen LogP contribution in [0.25, 0.3) is 5.65 Å². The molecule has 1 aliphatic heterocycles. The SMILES string of the molecule is Cc1cc(C)n2nc3c(c2n1)C(c1ccc(N(C)C)cc1)CC(=O)N3. The lowest BCUT2D eigenvalue weighted by molar-refractivity contribution is -0.116. The van der Waals surface area contributed by atoms with Crippen LogP contribution in [0.2, 0.25) is 0 Å². The molecule has 0 aliphatic carbocycles. The second-order valence-corrected chi connectivity index (χ2v) is 6.83. The minimum atomic E-state index is -0.0360. The van der Waals surface area contributed by atoms with Gasteiger partial charge in [-0.3, -0.25) is 4.79 Å². The Hall–Kier alpha value is -2.89. The predicted octanol–water partition coefficient (Wildman–Crippen LogP) is 2.89. The van der Waals surface area contributed by atoms with E-state index in [0.717, 1.165) is 33.8 Å². The lowest BCUT2D eigenvalue weighted by atomic mass is 9.87. The first-order valence-electron chi connectivity index (χ1n) is 8.38. The largest absolute Gasteiger partial charge is 0.378 e. The number of rotatable bonds is 2. The van der Waals surface area contributed by atoms with Gasteiger partial charge in [0.05, 0.1) is 0 Å². The number of hydrogen-bond donors (Lipinski definition) is 1. The number of fused-ring (bicyclic) bond motifs is 3. The van der Waals surface area contributed by atoms with E-state index in [-0.39, 0.29) is 11.8 Å². The molecule has 0 bridgehead atoms. The average Bonchev–Trinajstić information content (AvgIpc) is 2.92. The summed E-state index contributed by atoms with van der Waals surface area (Å²) in [5.74, 6) is 0.581. The Kier molecular flexibility index (Phi) is 3.49. The summed E-state index contributed by atoms with van der Waals surface area (Å²) in [6.07, 6.45) is 0.407. The zero-order chi connectivity index (χ0) is 17.7. The van der Waals surface area contributed by atoms with Gasteiger partial charge in [-0.25, -0.2) is 9.50 Å². The van der Waals surface area contributed by atoms with E-state index in [2.05, 4.69) is 39.6 Å². The second-order valence-electron chi connectivity index (χ2n) is 6.83. The summed E-state index contributed by atoms with van der Waals surface area (Å²) in [6, 6.07) is 10.3. The van der Waals surface area contributed by atoms with Crippen LogP contribution in [0.5, 0.6) is 0 Å². The third kappa shape index (κ3) is 2.54. The first kappa shape index (κ1) is 15.6. The van der Waals surface area contributed by atoms with Crippen LogP contribution in [0.1, 0.15) is 34.9 Å². The predicted molar refractivity (Wildman–Crippen MR) is 98.3 cm³/mol. The highest BCUT2D eigenvalue weighted by Gasteiger charge is 2.32. The van der Waals surface area contributed by atoms with E-state index < -0.39 is 0 Å². The Morgan fingerprint density at radius 2 is 1.92 bits per heavy atom. The number of nitrogens with one attached hydrogen (secondary N) is 1. The van der Waals surface area contributed by atoms with Gasteiger partial charge in [-0.2, -0.15) is 0 Å². The van der Waals surface area contributed by atoms with Crippen molar-refractivity contribution in [3.63, 3.8) is 0 Å². The highest BCUT2D eigenvalue weighted by Crippen LogP contribution is 2.39. The standard InChI is InChI=1S/C19H21N5O/c1-11-9-12(2)24-19(20-11)17-15(10-16(25)21-18(17)22-24)13-5-7-14(8-6-13)23(3)4/h5-9,15H,10H2,1-4H3,(H,21,22,25). The van der Waals surface area contributed by atoms with Gasteiger partial charge in [0.25, 0.3) is 0 Å². The second kappa shape index (κ2) is 5.58.